The number of piperazine rings is 1. The van der Waals surface area contributed by atoms with Crippen molar-refractivity contribution in [3.8, 4) is 11.1 Å². The van der Waals surface area contributed by atoms with Crippen molar-refractivity contribution >= 4 is 23.4 Å². The lowest BCUT2D eigenvalue weighted by molar-refractivity contribution is -0.121. The molecule has 0 aliphatic carbocycles. The molecule has 0 bridgehead atoms. The van der Waals surface area contributed by atoms with Gasteiger partial charge in [0.05, 0.1) is 17.8 Å². The number of nitrogens with one attached hydrogen (secondary N) is 1. The first-order valence-electron chi connectivity index (χ1n) is 10.3. The number of fused-ring (bicyclic) bond motifs is 2. The fourth-order valence-corrected chi connectivity index (χ4v) is 4.20. The fourth-order valence-electron chi connectivity index (χ4n) is 4.20. The van der Waals surface area contributed by atoms with Gasteiger partial charge in [0, 0.05) is 18.7 Å². The SMILES string of the molecule is O=C1Nc2ccccc2C(=O)N2CCN(C(=O)c3ccc(-c4ccccc4)cc3)C[C@@H]12. The Morgan fingerprint density at radius 1 is 0.806 bits per heavy atom. The minimum Gasteiger partial charge on any atom is -0.334 e. The number of para-hydroxylation sites is 1. The average Bonchev–Trinajstić information content (AvgIpc) is 2.93. The third kappa shape index (κ3) is 3.46. The highest BCUT2D eigenvalue weighted by Crippen LogP contribution is 2.26. The first kappa shape index (κ1) is 19.1. The maximum Gasteiger partial charge on any atom is 0.256 e. The van der Waals surface area contributed by atoms with Crippen molar-refractivity contribution in [1.82, 2.24) is 9.80 Å². The van der Waals surface area contributed by atoms with Crippen LogP contribution in [0.15, 0.2) is 78.9 Å². The van der Waals surface area contributed by atoms with E-state index in [0.717, 1.165) is 11.1 Å². The molecule has 0 radical (unpaired) electrons. The molecule has 0 unspecified atom stereocenters. The van der Waals surface area contributed by atoms with E-state index in [4.69, 9.17) is 0 Å². The lowest BCUT2D eigenvalue weighted by atomic mass is 10.0. The summed E-state index contributed by atoms with van der Waals surface area (Å²) >= 11 is 0. The molecule has 3 aromatic rings. The van der Waals surface area contributed by atoms with Crippen LogP contribution in [0.2, 0.25) is 0 Å². The number of carbonyl (C=O) groups excluding carboxylic acids is 3. The molecule has 0 aromatic heterocycles. The Morgan fingerprint density at radius 2 is 1.48 bits per heavy atom. The van der Waals surface area contributed by atoms with E-state index in [1.807, 2.05) is 54.6 Å². The highest BCUT2D eigenvalue weighted by molar-refractivity contribution is 6.10. The Morgan fingerprint density at radius 3 is 2.26 bits per heavy atom. The number of amides is 3. The van der Waals surface area contributed by atoms with Gasteiger partial charge < -0.3 is 15.1 Å². The third-order valence-electron chi connectivity index (χ3n) is 5.89. The van der Waals surface area contributed by atoms with Gasteiger partial charge in [0.25, 0.3) is 11.8 Å². The summed E-state index contributed by atoms with van der Waals surface area (Å²) in [6.45, 7) is 0.876. The Bertz CT molecular complexity index is 1160. The molecule has 1 fully saturated rings. The molecule has 3 amide bonds. The average molecular weight is 411 g/mol. The van der Waals surface area contributed by atoms with Crippen molar-refractivity contribution in [2.24, 2.45) is 0 Å². The van der Waals surface area contributed by atoms with Crippen LogP contribution < -0.4 is 5.32 Å². The van der Waals surface area contributed by atoms with Crippen molar-refractivity contribution in [3.05, 3.63) is 90.0 Å². The maximum absolute atomic E-state index is 13.1. The zero-order valence-corrected chi connectivity index (χ0v) is 16.8. The summed E-state index contributed by atoms with van der Waals surface area (Å²) in [6, 6.07) is 23.7. The zero-order chi connectivity index (χ0) is 21.4. The van der Waals surface area contributed by atoms with Crippen LogP contribution in [0.4, 0.5) is 5.69 Å². The second kappa shape index (κ2) is 7.72. The molecule has 6 nitrogen and oxygen atoms in total. The second-order valence-electron chi connectivity index (χ2n) is 7.74. The molecule has 0 saturated carbocycles. The molecule has 1 saturated heterocycles. The highest BCUT2D eigenvalue weighted by atomic mass is 16.2. The molecule has 6 heteroatoms. The smallest absolute Gasteiger partial charge is 0.256 e. The van der Waals surface area contributed by atoms with Gasteiger partial charge in [0.2, 0.25) is 5.91 Å². The summed E-state index contributed by atoms with van der Waals surface area (Å²) in [6.07, 6.45) is 0. The summed E-state index contributed by atoms with van der Waals surface area (Å²) in [5.41, 5.74) is 3.68. The Balaban J connectivity index is 1.35. The van der Waals surface area contributed by atoms with E-state index >= 15 is 0 Å². The highest BCUT2D eigenvalue weighted by Gasteiger charge is 2.40. The van der Waals surface area contributed by atoms with Gasteiger partial charge in [-0.05, 0) is 35.4 Å². The first-order valence-corrected chi connectivity index (χ1v) is 10.3. The molecule has 2 aliphatic heterocycles. The molecule has 5 rings (SSSR count). The first-order chi connectivity index (χ1) is 15.1. The van der Waals surface area contributed by atoms with Crippen LogP contribution in [0.25, 0.3) is 11.1 Å². The van der Waals surface area contributed by atoms with Crippen LogP contribution in [-0.2, 0) is 4.79 Å². The fraction of sp³-hybridized carbons (Fsp3) is 0.160. The molecule has 1 atom stereocenters. The maximum atomic E-state index is 13.1. The second-order valence-corrected chi connectivity index (χ2v) is 7.74. The quantitative estimate of drug-likeness (QED) is 0.704. The Kier molecular flexibility index (Phi) is 4.75. The van der Waals surface area contributed by atoms with Gasteiger partial charge in [-0.2, -0.15) is 0 Å². The monoisotopic (exact) mass is 411 g/mol. The topological polar surface area (TPSA) is 69.7 Å². The van der Waals surface area contributed by atoms with Crippen LogP contribution in [0, 0.1) is 0 Å². The van der Waals surface area contributed by atoms with Gasteiger partial charge >= 0.3 is 0 Å². The van der Waals surface area contributed by atoms with Gasteiger partial charge in [0.1, 0.15) is 6.04 Å². The molecule has 2 aliphatic rings. The molecule has 1 N–H and O–H groups in total. The van der Waals surface area contributed by atoms with Crippen LogP contribution >= 0.6 is 0 Å². The van der Waals surface area contributed by atoms with E-state index in [2.05, 4.69) is 5.32 Å². The predicted octanol–water partition coefficient (Wildman–Crippen LogP) is 3.27. The number of nitrogens with zero attached hydrogens (tertiary/aromatic N) is 2. The molecule has 2 heterocycles. The van der Waals surface area contributed by atoms with Crippen LogP contribution in [0.3, 0.4) is 0 Å². The predicted molar refractivity (Wildman–Crippen MR) is 118 cm³/mol. The summed E-state index contributed by atoms with van der Waals surface area (Å²) in [5, 5.41) is 2.84. The van der Waals surface area contributed by atoms with Crippen LogP contribution in [0.5, 0.6) is 0 Å². The normalized spacial score (nSPS) is 18.0. The van der Waals surface area contributed by atoms with E-state index < -0.39 is 6.04 Å². The van der Waals surface area contributed by atoms with E-state index in [0.29, 0.717) is 29.9 Å². The Labute approximate surface area is 180 Å². The van der Waals surface area contributed by atoms with E-state index in [1.54, 1.807) is 34.1 Å². The standard InChI is InChI=1S/C25H21N3O3/c29-23-22-16-27(14-15-28(22)25(31)20-8-4-5-9-21(20)26-23)24(30)19-12-10-18(11-13-19)17-6-2-1-3-7-17/h1-13,22H,14-16H2,(H,26,29)/t22-/m0/s1. The molecule has 3 aromatic carbocycles. The molecular weight excluding hydrogens is 390 g/mol. The minimum absolute atomic E-state index is 0.138. The van der Waals surface area contributed by atoms with Gasteiger partial charge in [-0.3, -0.25) is 14.4 Å². The lowest BCUT2D eigenvalue weighted by Gasteiger charge is -2.39. The third-order valence-corrected chi connectivity index (χ3v) is 5.89. The summed E-state index contributed by atoms with van der Waals surface area (Å²) in [4.78, 5) is 42.1. The number of anilines is 1. The van der Waals surface area contributed by atoms with Gasteiger partial charge in [-0.25, -0.2) is 0 Å². The summed E-state index contributed by atoms with van der Waals surface area (Å²) in [5.74, 6) is -0.588. The molecule has 31 heavy (non-hydrogen) atoms. The van der Waals surface area contributed by atoms with Crippen molar-refractivity contribution in [2.75, 3.05) is 25.0 Å². The van der Waals surface area contributed by atoms with Crippen molar-refractivity contribution < 1.29 is 14.4 Å². The van der Waals surface area contributed by atoms with E-state index in [9.17, 15) is 14.4 Å². The van der Waals surface area contributed by atoms with Crippen molar-refractivity contribution in [2.45, 2.75) is 6.04 Å². The summed E-state index contributed by atoms with van der Waals surface area (Å²) in [7, 11) is 0. The number of rotatable bonds is 2. The number of hydrogen-bond donors (Lipinski definition) is 1. The largest absolute Gasteiger partial charge is 0.334 e. The molecule has 0 spiro atoms. The number of benzene rings is 3. The van der Waals surface area contributed by atoms with Gasteiger partial charge in [-0.15, -0.1) is 0 Å². The zero-order valence-electron chi connectivity index (χ0n) is 16.8. The van der Waals surface area contributed by atoms with E-state index in [-0.39, 0.29) is 24.3 Å². The van der Waals surface area contributed by atoms with Crippen molar-refractivity contribution in [1.29, 1.82) is 0 Å². The molecular formula is C25H21N3O3. The summed E-state index contributed by atoms with van der Waals surface area (Å²) < 4.78 is 0. The number of hydrogen-bond acceptors (Lipinski definition) is 3. The van der Waals surface area contributed by atoms with Crippen LogP contribution in [0.1, 0.15) is 20.7 Å². The number of carbonyl (C=O) groups is 3. The minimum atomic E-state index is -0.707. The Hall–Kier alpha value is -3.93. The van der Waals surface area contributed by atoms with Gasteiger partial charge in [-0.1, -0.05) is 54.6 Å². The van der Waals surface area contributed by atoms with Gasteiger partial charge in [0.15, 0.2) is 0 Å². The van der Waals surface area contributed by atoms with E-state index in [1.165, 1.54) is 0 Å². The van der Waals surface area contributed by atoms with Crippen molar-refractivity contribution in [3.63, 3.8) is 0 Å². The lowest BCUT2D eigenvalue weighted by Crippen LogP contribution is -2.59. The van der Waals surface area contributed by atoms with Crippen LogP contribution in [-0.4, -0.2) is 53.2 Å². The molecule has 154 valence electrons.